The number of aromatic nitrogens is 2. The molecule has 0 atom stereocenters. The highest BCUT2D eigenvalue weighted by Gasteiger charge is 2.22. The maximum absolute atomic E-state index is 13.4. The Morgan fingerprint density at radius 2 is 1.90 bits per heavy atom. The predicted octanol–water partition coefficient (Wildman–Crippen LogP) is 4.78. The summed E-state index contributed by atoms with van der Waals surface area (Å²) in [6.45, 7) is 2.85. The van der Waals surface area contributed by atoms with E-state index < -0.39 is 0 Å². The lowest BCUT2D eigenvalue weighted by molar-refractivity contribution is 0.0775. The number of methoxy groups -OCH3 is 1. The quantitative estimate of drug-likeness (QED) is 0.436. The van der Waals surface area contributed by atoms with Crippen LogP contribution in [0.3, 0.4) is 0 Å². The van der Waals surface area contributed by atoms with E-state index in [0.717, 1.165) is 22.6 Å². The Morgan fingerprint density at radius 1 is 1.10 bits per heavy atom. The first-order valence-corrected chi connectivity index (χ1v) is 10.1. The molecule has 0 aliphatic heterocycles. The van der Waals surface area contributed by atoms with Gasteiger partial charge in [-0.1, -0.05) is 42.5 Å². The summed E-state index contributed by atoms with van der Waals surface area (Å²) < 4.78 is 12.8. The second-order valence-corrected chi connectivity index (χ2v) is 7.48. The van der Waals surface area contributed by atoms with Gasteiger partial charge in [0.25, 0.3) is 5.91 Å². The van der Waals surface area contributed by atoms with Crippen LogP contribution >= 0.6 is 0 Å². The zero-order chi connectivity index (χ0) is 21.8. The van der Waals surface area contributed by atoms with Gasteiger partial charge < -0.3 is 14.1 Å². The number of amides is 1. The lowest BCUT2D eigenvalue weighted by atomic mass is 10.1. The molecule has 0 radical (unpaired) electrons. The molecule has 0 bridgehead atoms. The first-order chi connectivity index (χ1) is 15.0. The van der Waals surface area contributed by atoms with Crippen molar-refractivity contribution in [2.45, 2.75) is 20.0 Å². The fraction of sp³-hybridized carbons (Fsp3) is 0.200. The number of nitrogens with zero attached hydrogens (tertiary/aromatic N) is 3. The third kappa shape index (κ3) is 4.69. The number of rotatable bonds is 7. The second kappa shape index (κ2) is 8.92. The molecule has 0 aliphatic rings. The molecule has 4 aromatic rings. The molecule has 2 heterocycles. The van der Waals surface area contributed by atoms with Crippen LogP contribution in [0.2, 0.25) is 0 Å². The van der Waals surface area contributed by atoms with Gasteiger partial charge in [0, 0.05) is 18.8 Å². The Morgan fingerprint density at radius 3 is 2.61 bits per heavy atom. The molecule has 0 N–H and O–H groups in total. The molecule has 0 saturated heterocycles. The van der Waals surface area contributed by atoms with E-state index in [2.05, 4.69) is 0 Å². The molecular formula is C25H25N3O3. The number of aryl methyl sites for hydroxylation is 1. The Hall–Kier alpha value is -3.80. The standard InChI is InChI=1S/C25H25N3O3/c1-18-12-13-22(31-18)16-27(2)25(29)23-17-28(15-19-8-5-4-6-9-19)26-24(23)20-10-7-11-21(14-20)30-3/h4-14,17H,15-16H2,1-3H3. The van der Waals surface area contributed by atoms with Gasteiger partial charge in [-0.25, -0.2) is 0 Å². The van der Waals surface area contributed by atoms with Crippen LogP contribution in [0.15, 0.2) is 77.3 Å². The van der Waals surface area contributed by atoms with E-state index in [-0.39, 0.29) is 5.91 Å². The minimum Gasteiger partial charge on any atom is -0.497 e. The van der Waals surface area contributed by atoms with Crippen molar-refractivity contribution < 1.29 is 13.9 Å². The molecule has 158 valence electrons. The van der Waals surface area contributed by atoms with Crippen molar-refractivity contribution >= 4 is 5.91 Å². The Bertz CT molecular complexity index is 1180. The zero-order valence-electron chi connectivity index (χ0n) is 17.9. The van der Waals surface area contributed by atoms with Gasteiger partial charge in [-0.05, 0) is 36.8 Å². The van der Waals surface area contributed by atoms with Gasteiger partial charge in [0.15, 0.2) is 0 Å². The zero-order valence-corrected chi connectivity index (χ0v) is 17.9. The fourth-order valence-electron chi connectivity index (χ4n) is 3.49. The Balaban J connectivity index is 1.68. The summed E-state index contributed by atoms with van der Waals surface area (Å²) in [6.07, 6.45) is 1.81. The highest BCUT2D eigenvalue weighted by molar-refractivity contribution is 5.99. The normalized spacial score (nSPS) is 10.8. The third-order valence-corrected chi connectivity index (χ3v) is 5.06. The first-order valence-electron chi connectivity index (χ1n) is 10.1. The molecule has 6 heteroatoms. The summed E-state index contributed by atoms with van der Waals surface area (Å²) in [5, 5.41) is 4.76. The highest BCUT2D eigenvalue weighted by Crippen LogP contribution is 2.27. The Labute approximate surface area is 181 Å². The maximum atomic E-state index is 13.4. The Kier molecular flexibility index (Phi) is 5.89. The lowest BCUT2D eigenvalue weighted by Crippen LogP contribution is -2.26. The van der Waals surface area contributed by atoms with Gasteiger partial charge in [0.05, 0.1) is 25.8 Å². The van der Waals surface area contributed by atoms with Crippen molar-refractivity contribution in [2.24, 2.45) is 0 Å². The van der Waals surface area contributed by atoms with E-state index in [4.69, 9.17) is 14.3 Å². The smallest absolute Gasteiger partial charge is 0.257 e. The topological polar surface area (TPSA) is 60.5 Å². The number of hydrogen-bond acceptors (Lipinski definition) is 4. The van der Waals surface area contributed by atoms with Crippen molar-refractivity contribution in [2.75, 3.05) is 14.2 Å². The second-order valence-electron chi connectivity index (χ2n) is 7.48. The van der Waals surface area contributed by atoms with Crippen molar-refractivity contribution in [3.63, 3.8) is 0 Å². The summed E-state index contributed by atoms with van der Waals surface area (Å²) in [5.41, 5.74) is 3.11. The van der Waals surface area contributed by atoms with Crippen LogP contribution in [0.25, 0.3) is 11.3 Å². The van der Waals surface area contributed by atoms with Crippen molar-refractivity contribution in [3.05, 3.63) is 95.6 Å². The van der Waals surface area contributed by atoms with Gasteiger partial charge in [-0.3, -0.25) is 9.48 Å². The third-order valence-electron chi connectivity index (χ3n) is 5.06. The largest absolute Gasteiger partial charge is 0.497 e. The number of ether oxygens (including phenoxy) is 1. The first kappa shape index (κ1) is 20.5. The molecule has 0 unspecified atom stereocenters. The van der Waals surface area contributed by atoms with Crippen molar-refractivity contribution in [1.82, 2.24) is 14.7 Å². The van der Waals surface area contributed by atoms with Gasteiger partial charge in [0.2, 0.25) is 0 Å². The highest BCUT2D eigenvalue weighted by atomic mass is 16.5. The summed E-state index contributed by atoms with van der Waals surface area (Å²) in [4.78, 5) is 15.0. The molecule has 1 amide bonds. The molecule has 31 heavy (non-hydrogen) atoms. The van der Waals surface area contributed by atoms with Gasteiger partial charge in [-0.15, -0.1) is 0 Å². The molecule has 2 aromatic carbocycles. The van der Waals surface area contributed by atoms with Gasteiger partial charge in [0.1, 0.15) is 23.0 Å². The molecule has 0 saturated carbocycles. The van der Waals surface area contributed by atoms with Crippen LogP contribution in [0.5, 0.6) is 5.75 Å². The summed E-state index contributed by atoms with van der Waals surface area (Å²) in [5.74, 6) is 2.16. The maximum Gasteiger partial charge on any atom is 0.257 e. The predicted molar refractivity (Wildman–Crippen MR) is 119 cm³/mol. The molecule has 0 spiro atoms. The molecule has 0 fully saturated rings. The van der Waals surface area contributed by atoms with E-state index in [9.17, 15) is 4.79 Å². The number of furan rings is 1. The average molecular weight is 415 g/mol. The minimum atomic E-state index is -0.119. The number of carbonyl (C=O) groups excluding carboxylic acids is 1. The molecule has 0 aliphatic carbocycles. The van der Waals surface area contributed by atoms with Crippen LogP contribution in [0, 0.1) is 6.92 Å². The van der Waals surface area contributed by atoms with Crippen LogP contribution in [-0.2, 0) is 13.1 Å². The summed E-state index contributed by atoms with van der Waals surface area (Å²) in [6, 6.07) is 21.4. The molecular weight excluding hydrogens is 390 g/mol. The van der Waals surface area contributed by atoms with Crippen molar-refractivity contribution in [3.8, 4) is 17.0 Å². The van der Waals surface area contributed by atoms with Crippen LogP contribution in [0.4, 0.5) is 0 Å². The van der Waals surface area contributed by atoms with Gasteiger partial charge in [-0.2, -0.15) is 5.10 Å². The number of hydrogen-bond donors (Lipinski definition) is 0. The summed E-state index contributed by atoms with van der Waals surface area (Å²) >= 11 is 0. The minimum absolute atomic E-state index is 0.119. The van der Waals surface area contributed by atoms with Crippen LogP contribution in [0.1, 0.15) is 27.4 Å². The van der Waals surface area contributed by atoms with E-state index >= 15 is 0 Å². The van der Waals surface area contributed by atoms with E-state index in [0.29, 0.717) is 30.1 Å². The molecule has 4 rings (SSSR count). The van der Waals surface area contributed by atoms with Crippen LogP contribution < -0.4 is 4.74 Å². The number of benzene rings is 2. The average Bonchev–Trinajstić information content (AvgIpc) is 3.40. The SMILES string of the molecule is COc1cccc(-c2nn(Cc3ccccc3)cc2C(=O)N(C)Cc2ccc(C)o2)c1. The van der Waals surface area contributed by atoms with E-state index in [1.165, 1.54) is 0 Å². The van der Waals surface area contributed by atoms with E-state index in [1.54, 1.807) is 19.1 Å². The van der Waals surface area contributed by atoms with Crippen LogP contribution in [-0.4, -0.2) is 34.7 Å². The van der Waals surface area contributed by atoms with E-state index in [1.807, 2.05) is 84.5 Å². The lowest BCUT2D eigenvalue weighted by Gasteiger charge is -2.15. The molecule has 6 nitrogen and oxygen atoms in total. The summed E-state index contributed by atoms with van der Waals surface area (Å²) in [7, 11) is 3.39. The fourth-order valence-corrected chi connectivity index (χ4v) is 3.49. The number of carbonyl (C=O) groups is 1. The molecule has 2 aromatic heterocycles. The van der Waals surface area contributed by atoms with Crippen molar-refractivity contribution in [1.29, 1.82) is 0 Å². The van der Waals surface area contributed by atoms with Gasteiger partial charge >= 0.3 is 0 Å². The monoisotopic (exact) mass is 415 g/mol.